The van der Waals surface area contributed by atoms with Crippen LogP contribution in [-0.4, -0.2) is 17.9 Å². The third-order valence-electron chi connectivity index (χ3n) is 11.2. The van der Waals surface area contributed by atoms with Crippen molar-refractivity contribution in [2.24, 2.45) is 0 Å². The van der Waals surface area contributed by atoms with Gasteiger partial charge in [0.1, 0.15) is 0 Å². The third-order valence-corrected chi connectivity index (χ3v) is 64.8. The van der Waals surface area contributed by atoms with Crippen LogP contribution in [0.3, 0.4) is 0 Å². The van der Waals surface area contributed by atoms with E-state index >= 15 is 0 Å². The molecule has 2 aliphatic rings. The molecular weight excluding hydrogens is 940 g/mol. The molecule has 2 aliphatic carbocycles. The van der Waals surface area contributed by atoms with Gasteiger partial charge in [0, 0.05) is 0 Å². The van der Waals surface area contributed by atoms with Crippen molar-refractivity contribution in [3.63, 3.8) is 0 Å². The van der Waals surface area contributed by atoms with Crippen molar-refractivity contribution < 1.29 is 15.6 Å². The van der Waals surface area contributed by atoms with Crippen LogP contribution in [-0.2, 0) is 15.6 Å². The van der Waals surface area contributed by atoms with Crippen LogP contribution in [0.5, 0.6) is 0 Å². The molecule has 0 bridgehead atoms. The van der Waals surface area contributed by atoms with Crippen molar-refractivity contribution in [3.8, 4) is 22.3 Å². The van der Waals surface area contributed by atoms with Gasteiger partial charge in [-0.3, -0.25) is 0 Å². The van der Waals surface area contributed by atoms with Crippen LogP contribution < -0.4 is 0 Å². The van der Waals surface area contributed by atoms with Gasteiger partial charge in [-0.25, -0.2) is 0 Å². The zero-order chi connectivity index (χ0) is 37.3. The Labute approximate surface area is 348 Å². The van der Waals surface area contributed by atoms with E-state index in [-0.39, 0.29) is 7.25 Å². The van der Waals surface area contributed by atoms with Crippen molar-refractivity contribution in [1.29, 1.82) is 0 Å². The molecule has 275 valence electrons. The quantitative estimate of drug-likeness (QED) is 0.0822. The monoisotopic (exact) mass is 977 g/mol. The second-order valence-corrected chi connectivity index (χ2v) is 73.1. The summed E-state index contributed by atoms with van der Waals surface area (Å²) in [6.07, 6.45) is 8.12. The first-order valence-corrected chi connectivity index (χ1v) is 44.3. The molecule has 0 spiro atoms. The summed E-state index contributed by atoms with van der Waals surface area (Å²) in [4.78, 5) is 0. The van der Waals surface area contributed by atoms with E-state index in [1.165, 1.54) is 55.7 Å². The number of allylic oxidation sites excluding steroid dienone is 2. The van der Waals surface area contributed by atoms with Gasteiger partial charge in [-0.1, -0.05) is 0 Å². The molecule has 0 nitrogen and oxygen atoms in total. The molecule has 0 heterocycles. The van der Waals surface area contributed by atoms with Gasteiger partial charge in [0.25, 0.3) is 0 Å². The van der Waals surface area contributed by atoms with Gasteiger partial charge < -0.3 is 0 Å². The summed E-state index contributed by atoms with van der Waals surface area (Å²) in [5.41, 5.74) is 12.5. The fraction of sp³-hybridized carbons (Fsp3) is 0.300. The first-order chi connectivity index (χ1) is 24.7. The molecule has 12 heteroatoms. The van der Waals surface area contributed by atoms with Crippen LogP contribution in [0.15, 0.2) is 108 Å². The average Bonchev–Trinajstić information content (AvgIpc) is 3.71. The zero-order valence-corrected chi connectivity index (χ0v) is 41.0. The Morgan fingerprint density at radius 3 is 1.27 bits per heavy atom. The molecule has 0 fully saturated rings. The van der Waals surface area contributed by atoms with E-state index in [0.717, 1.165) is 37.8 Å². The fourth-order valence-corrected chi connectivity index (χ4v) is 63.6. The van der Waals surface area contributed by atoms with E-state index in [1.54, 1.807) is 0 Å². The first kappa shape index (κ1) is 41.8. The summed E-state index contributed by atoms with van der Waals surface area (Å²) >= 11 is 33.9. The van der Waals surface area contributed by atoms with E-state index in [4.69, 9.17) is 83.5 Å². The van der Waals surface area contributed by atoms with Gasteiger partial charge in [0.05, 0.1) is 0 Å². The van der Waals surface area contributed by atoms with Crippen molar-refractivity contribution in [2.45, 2.75) is 71.0 Å². The second-order valence-electron chi connectivity index (χ2n) is 14.3. The number of hydrogen-bond acceptors (Lipinski definition) is 0. The zero-order valence-electron chi connectivity index (χ0n) is 29.3. The molecule has 6 rings (SSSR count). The number of fused-ring (bicyclic) bond motifs is 2. The van der Waals surface area contributed by atoms with E-state index in [2.05, 4.69) is 123 Å². The minimum atomic E-state index is -5.31. The van der Waals surface area contributed by atoms with Crippen molar-refractivity contribution in [3.05, 3.63) is 130 Å². The summed E-state index contributed by atoms with van der Waals surface area (Å²) in [5, 5.41) is 0. The number of hydrogen-bond donors (Lipinski definition) is 0. The van der Waals surface area contributed by atoms with Gasteiger partial charge in [0.15, 0.2) is 0 Å². The molecule has 0 amide bonds. The van der Waals surface area contributed by atoms with Crippen LogP contribution in [0.1, 0.15) is 69.0 Å². The van der Waals surface area contributed by atoms with E-state index < -0.39 is 33.5 Å². The van der Waals surface area contributed by atoms with Crippen molar-refractivity contribution >= 4 is 114 Å². The molecule has 2 unspecified atom stereocenters. The standard InChI is InChI=1S/2C17H15.C6H13Cl6Si3.2ClH.Zr/c2*1-2-13-11-15-9-6-10-16(17(15)12-13)14-7-4-3-5-8-14;7-14(8,9)5-1-3-13-4-2-6-15(10,11)12;;;/h2*3-12H,2H2,1H3;13H,1-6H2;2*1H;/q;;;;;+2/p-2. The molecule has 0 saturated heterocycles. The van der Waals surface area contributed by atoms with Crippen LogP contribution in [0.2, 0.25) is 24.2 Å². The Balaban J connectivity index is 1.62. The predicted octanol–water partition coefficient (Wildman–Crippen LogP) is 16.2. The average molecular weight is 983 g/mol. The Morgan fingerprint density at radius 1 is 0.538 bits per heavy atom. The Morgan fingerprint density at radius 2 is 0.923 bits per heavy atom. The Kier molecular flexibility index (Phi) is 13.7. The molecule has 4 aromatic carbocycles. The second kappa shape index (κ2) is 17.0. The maximum absolute atomic E-state index is 9.05. The summed E-state index contributed by atoms with van der Waals surface area (Å²) in [7, 11) is 18.1. The van der Waals surface area contributed by atoms with Crippen LogP contribution in [0, 0.1) is 0 Å². The summed E-state index contributed by atoms with van der Waals surface area (Å²) in [5.74, 6) is -2.11. The predicted molar refractivity (Wildman–Crippen MR) is 240 cm³/mol. The number of halogens is 8. The van der Waals surface area contributed by atoms with E-state index in [0.29, 0.717) is 12.1 Å². The molecule has 0 radical (unpaired) electrons. The van der Waals surface area contributed by atoms with E-state index in [1.807, 2.05) is 0 Å². The molecule has 2 atom stereocenters. The van der Waals surface area contributed by atoms with Crippen molar-refractivity contribution in [1.82, 2.24) is 0 Å². The maximum atomic E-state index is 9.05. The minimum absolute atomic E-state index is 0.0635. The number of rotatable bonds is 15. The Bertz CT molecular complexity index is 1820. The molecular formula is C40H43Cl8Si3Zr. The molecule has 4 aromatic rings. The molecule has 0 saturated carbocycles. The molecule has 0 aromatic heterocycles. The van der Waals surface area contributed by atoms with Crippen LogP contribution in [0.4, 0.5) is 0 Å². The normalized spacial score (nSPS) is 18.1. The third kappa shape index (κ3) is 8.70. The fourth-order valence-electron chi connectivity index (χ4n) is 9.01. The molecule has 0 aliphatic heterocycles. The van der Waals surface area contributed by atoms with Crippen molar-refractivity contribution in [2.75, 3.05) is 0 Å². The summed E-state index contributed by atoms with van der Waals surface area (Å²) in [6.45, 7) is 4.50. The van der Waals surface area contributed by atoms with Crippen LogP contribution in [0.25, 0.3) is 34.4 Å². The van der Waals surface area contributed by atoms with Gasteiger partial charge in [0.2, 0.25) is 0 Å². The SMILES string of the molecule is CCC1=Cc2c(-c3ccccc3)cccc2[CH]1[Zr]([Cl])([Cl])([CH]1C(CC)=Cc2c(-c3ccccc3)cccc21)[SiH](CCC[Si](Cl)(Cl)Cl)CCC[Si](Cl)(Cl)Cl. The number of benzene rings is 4. The molecule has 52 heavy (non-hydrogen) atoms. The van der Waals surface area contributed by atoms with Gasteiger partial charge >= 0.3 is 353 Å². The topological polar surface area (TPSA) is 0 Å². The van der Waals surface area contributed by atoms with Crippen LogP contribution >= 0.6 is 83.5 Å². The Hall–Kier alpha value is 0.214. The molecule has 0 N–H and O–H groups in total. The summed E-state index contributed by atoms with van der Waals surface area (Å²) in [6, 6.07) is 31.9. The van der Waals surface area contributed by atoms with Gasteiger partial charge in [-0.05, 0) is 0 Å². The van der Waals surface area contributed by atoms with Gasteiger partial charge in [-0.2, -0.15) is 0 Å². The summed E-state index contributed by atoms with van der Waals surface area (Å²) < 4.78 is -0.127. The van der Waals surface area contributed by atoms with Gasteiger partial charge in [-0.15, -0.1) is 0 Å². The first-order valence-electron chi connectivity index (χ1n) is 18.1. The van der Waals surface area contributed by atoms with E-state index in [9.17, 15) is 0 Å².